The number of ether oxygens (including phenoxy) is 2. The summed E-state index contributed by atoms with van der Waals surface area (Å²) in [4.78, 5) is 22.8. The van der Waals surface area contributed by atoms with Gasteiger partial charge in [-0.15, -0.1) is 0 Å². The Labute approximate surface area is 103 Å². The lowest BCUT2D eigenvalue weighted by Gasteiger charge is -2.12. The molecule has 0 radical (unpaired) electrons. The summed E-state index contributed by atoms with van der Waals surface area (Å²) in [6.07, 6.45) is -0.245. The van der Waals surface area contributed by atoms with Crippen LogP contribution in [0.2, 0.25) is 0 Å². The molecular weight excluding hydrogens is 246 g/mol. The van der Waals surface area contributed by atoms with E-state index < -0.39 is 29.5 Å². The number of halogens is 2. The number of carbonyl (C=O) groups excluding carboxylic acids is 2. The first kappa shape index (κ1) is 14.1. The van der Waals surface area contributed by atoms with Crippen molar-refractivity contribution in [3.05, 3.63) is 35.4 Å². The Morgan fingerprint density at radius 2 is 1.72 bits per heavy atom. The summed E-state index contributed by atoms with van der Waals surface area (Å²) in [5.74, 6) is -4.48. The largest absolute Gasteiger partial charge is 0.468 e. The van der Waals surface area contributed by atoms with Crippen molar-refractivity contribution in [2.24, 2.45) is 5.92 Å². The second kappa shape index (κ2) is 6.09. The molecule has 0 unspecified atom stereocenters. The number of esters is 2. The Hall–Kier alpha value is -1.98. The van der Waals surface area contributed by atoms with Gasteiger partial charge in [-0.2, -0.15) is 0 Å². The van der Waals surface area contributed by atoms with E-state index in [0.717, 1.165) is 20.3 Å². The molecule has 0 N–H and O–H groups in total. The minimum Gasteiger partial charge on any atom is -0.468 e. The highest BCUT2D eigenvalue weighted by atomic mass is 19.1. The Balaban J connectivity index is 2.96. The van der Waals surface area contributed by atoms with Gasteiger partial charge in [-0.1, -0.05) is 6.07 Å². The van der Waals surface area contributed by atoms with Gasteiger partial charge in [0.05, 0.1) is 14.2 Å². The number of rotatable bonds is 4. The molecule has 0 saturated heterocycles. The average molecular weight is 258 g/mol. The predicted octanol–water partition coefficient (Wildman–Crippen LogP) is 1.47. The molecule has 0 aliphatic carbocycles. The molecule has 0 saturated carbocycles. The zero-order valence-corrected chi connectivity index (χ0v) is 9.91. The lowest BCUT2D eigenvalue weighted by atomic mass is 9.99. The smallest absolute Gasteiger partial charge is 0.320 e. The Morgan fingerprint density at radius 3 is 2.17 bits per heavy atom. The van der Waals surface area contributed by atoms with Gasteiger partial charge < -0.3 is 9.47 Å². The number of carbonyl (C=O) groups is 2. The van der Waals surface area contributed by atoms with E-state index in [1.54, 1.807) is 0 Å². The Bertz CT molecular complexity index is 443. The molecule has 1 rings (SSSR count). The highest BCUT2D eigenvalue weighted by Gasteiger charge is 2.29. The molecule has 0 heterocycles. The van der Waals surface area contributed by atoms with E-state index in [9.17, 15) is 18.4 Å². The molecule has 0 fully saturated rings. The van der Waals surface area contributed by atoms with Crippen molar-refractivity contribution in [3.8, 4) is 0 Å². The molecule has 0 atom stereocenters. The van der Waals surface area contributed by atoms with Gasteiger partial charge in [0.2, 0.25) is 0 Å². The molecule has 0 bridgehead atoms. The fourth-order valence-corrected chi connectivity index (χ4v) is 1.45. The van der Waals surface area contributed by atoms with Crippen LogP contribution < -0.4 is 0 Å². The normalized spacial score (nSPS) is 10.3. The summed E-state index contributed by atoms with van der Waals surface area (Å²) in [6.45, 7) is 0. The van der Waals surface area contributed by atoms with E-state index in [4.69, 9.17) is 0 Å². The van der Waals surface area contributed by atoms with Crippen LogP contribution in [0.25, 0.3) is 0 Å². The first-order chi connectivity index (χ1) is 8.49. The molecule has 0 aliphatic heterocycles. The van der Waals surface area contributed by atoms with Crippen molar-refractivity contribution in [1.82, 2.24) is 0 Å². The molecular formula is C12H12F2O4. The maximum Gasteiger partial charge on any atom is 0.320 e. The highest BCUT2D eigenvalue weighted by Crippen LogP contribution is 2.16. The van der Waals surface area contributed by atoms with E-state index >= 15 is 0 Å². The van der Waals surface area contributed by atoms with Crippen molar-refractivity contribution in [2.75, 3.05) is 14.2 Å². The number of hydrogen-bond acceptors (Lipinski definition) is 4. The van der Waals surface area contributed by atoms with Gasteiger partial charge >= 0.3 is 11.9 Å². The third-order valence-electron chi connectivity index (χ3n) is 2.41. The van der Waals surface area contributed by atoms with E-state index in [1.165, 1.54) is 6.07 Å². The third kappa shape index (κ3) is 3.26. The maximum absolute atomic E-state index is 13.4. The molecule has 1 aromatic carbocycles. The molecule has 0 amide bonds. The standard InChI is InChI=1S/C12H12F2O4/c1-17-11(15)9(12(16)18-2)5-7-3-4-8(13)6-10(7)14/h3-4,6,9H,5H2,1-2H3. The molecule has 4 nitrogen and oxygen atoms in total. The van der Waals surface area contributed by atoms with Gasteiger partial charge in [0.1, 0.15) is 11.6 Å². The lowest BCUT2D eigenvalue weighted by molar-refractivity contribution is -0.158. The van der Waals surface area contributed by atoms with Gasteiger partial charge in [-0.05, 0) is 18.1 Å². The van der Waals surface area contributed by atoms with Crippen LogP contribution in [-0.4, -0.2) is 26.2 Å². The van der Waals surface area contributed by atoms with Gasteiger partial charge in [0.15, 0.2) is 5.92 Å². The zero-order valence-electron chi connectivity index (χ0n) is 9.91. The highest BCUT2D eigenvalue weighted by molar-refractivity contribution is 5.95. The van der Waals surface area contributed by atoms with Crippen molar-refractivity contribution in [2.45, 2.75) is 6.42 Å². The van der Waals surface area contributed by atoms with Crippen LogP contribution >= 0.6 is 0 Å². The quantitative estimate of drug-likeness (QED) is 0.606. The summed E-state index contributed by atoms with van der Waals surface area (Å²) in [7, 11) is 2.22. The predicted molar refractivity (Wildman–Crippen MR) is 57.6 cm³/mol. The maximum atomic E-state index is 13.4. The fourth-order valence-electron chi connectivity index (χ4n) is 1.45. The summed E-state index contributed by atoms with van der Waals surface area (Å²) < 4.78 is 35.0. The summed E-state index contributed by atoms with van der Waals surface area (Å²) in [6, 6.07) is 2.90. The van der Waals surface area contributed by atoms with Gasteiger partial charge in [0, 0.05) is 6.07 Å². The number of hydrogen-bond donors (Lipinski definition) is 0. The van der Waals surface area contributed by atoms with Crippen LogP contribution in [0.15, 0.2) is 18.2 Å². The Morgan fingerprint density at radius 1 is 1.17 bits per heavy atom. The SMILES string of the molecule is COC(=O)C(Cc1ccc(F)cc1F)C(=O)OC. The van der Waals surface area contributed by atoms with Crippen LogP contribution in [0.3, 0.4) is 0 Å². The molecule has 0 spiro atoms. The average Bonchev–Trinajstić information content (AvgIpc) is 2.36. The van der Waals surface area contributed by atoms with Crippen LogP contribution in [-0.2, 0) is 25.5 Å². The minimum absolute atomic E-state index is 0.0391. The van der Waals surface area contributed by atoms with Gasteiger partial charge in [-0.3, -0.25) is 9.59 Å². The second-order valence-electron chi connectivity index (χ2n) is 3.54. The molecule has 1 aromatic rings. The lowest BCUT2D eigenvalue weighted by Crippen LogP contribution is -2.28. The summed E-state index contributed by atoms with van der Waals surface area (Å²) >= 11 is 0. The van der Waals surface area contributed by atoms with Gasteiger partial charge in [-0.25, -0.2) is 8.78 Å². The van der Waals surface area contributed by atoms with Crippen molar-refractivity contribution < 1.29 is 27.8 Å². The first-order valence-corrected chi connectivity index (χ1v) is 5.09. The zero-order chi connectivity index (χ0) is 13.7. The van der Waals surface area contributed by atoms with Gasteiger partial charge in [0.25, 0.3) is 0 Å². The monoisotopic (exact) mass is 258 g/mol. The fraction of sp³-hybridized carbons (Fsp3) is 0.333. The van der Waals surface area contributed by atoms with E-state index in [-0.39, 0.29) is 12.0 Å². The van der Waals surface area contributed by atoms with E-state index in [0.29, 0.717) is 6.07 Å². The van der Waals surface area contributed by atoms with Crippen LogP contribution in [0.4, 0.5) is 8.78 Å². The Kier molecular flexibility index (Phi) is 4.76. The summed E-state index contributed by atoms with van der Waals surface area (Å²) in [5, 5.41) is 0. The minimum atomic E-state index is -1.26. The second-order valence-corrected chi connectivity index (χ2v) is 3.54. The molecule has 0 aliphatic rings. The number of benzene rings is 1. The van der Waals surface area contributed by atoms with Crippen molar-refractivity contribution in [3.63, 3.8) is 0 Å². The topological polar surface area (TPSA) is 52.6 Å². The first-order valence-electron chi connectivity index (χ1n) is 5.09. The summed E-state index contributed by atoms with van der Waals surface area (Å²) in [5.41, 5.74) is 0.0391. The van der Waals surface area contributed by atoms with Crippen molar-refractivity contribution >= 4 is 11.9 Å². The molecule has 18 heavy (non-hydrogen) atoms. The molecule has 6 heteroatoms. The van der Waals surface area contributed by atoms with Crippen LogP contribution in [0.5, 0.6) is 0 Å². The third-order valence-corrected chi connectivity index (χ3v) is 2.41. The van der Waals surface area contributed by atoms with E-state index in [1.807, 2.05) is 0 Å². The number of methoxy groups -OCH3 is 2. The van der Waals surface area contributed by atoms with Crippen LogP contribution in [0, 0.1) is 17.6 Å². The van der Waals surface area contributed by atoms with E-state index in [2.05, 4.69) is 9.47 Å². The molecule has 98 valence electrons. The van der Waals surface area contributed by atoms with Crippen molar-refractivity contribution in [1.29, 1.82) is 0 Å². The molecule has 0 aromatic heterocycles. The van der Waals surface area contributed by atoms with Crippen LogP contribution in [0.1, 0.15) is 5.56 Å².